The predicted octanol–water partition coefficient (Wildman–Crippen LogP) is 4.91. The van der Waals surface area contributed by atoms with E-state index in [1.807, 2.05) is 7.05 Å². The molecule has 0 saturated carbocycles. The molecule has 0 radical (unpaired) electrons. The molecule has 3 aromatic carbocycles. The van der Waals surface area contributed by atoms with Crippen LogP contribution in [0.1, 0.15) is 39.1 Å². The van der Waals surface area contributed by atoms with Crippen LogP contribution >= 0.6 is 11.6 Å². The van der Waals surface area contributed by atoms with Gasteiger partial charge in [0.25, 0.3) is 11.8 Å². The van der Waals surface area contributed by atoms with Gasteiger partial charge in [0, 0.05) is 27.4 Å². The minimum atomic E-state index is -0.553. The number of rotatable bonds is 6. The standard InChI is InChI=1S/C25H21ClFN3O3/c1-28-8-3-2-5-12-9-17-15(10-16(12)27)20-18(29-17)11-14(13-6-4-7-19(31)23(13)26)21-22(20)25(33)30-24(21)32/h4,6-7,9-11,28-29,31H,2-3,5,8H2,1H3,(H,30,32,33). The van der Waals surface area contributed by atoms with Crippen LogP contribution in [0.3, 0.4) is 0 Å². The van der Waals surface area contributed by atoms with Crippen molar-refractivity contribution in [3.8, 4) is 16.9 Å². The zero-order valence-electron chi connectivity index (χ0n) is 17.8. The van der Waals surface area contributed by atoms with E-state index in [9.17, 15) is 19.1 Å². The molecule has 8 heteroatoms. The minimum absolute atomic E-state index is 0.0807. The summed E-state index contributed by atoms with van der Waals surface area (Å²) in [6, 6.07) is 9.65. The van der Waals surface area contributed by atoms with Gasteiger partial charge in [-0.1, -0.05) is 23.7 Å². The molecule has 0 saturated heterocycles. The maximum absolute atomic E-state index is 15.0. The number of carbonyl (C=O) groups is 2. The Kier molecular flexibility index (Phi) is 5.31. The van der Waals surface area contributed by atoms with Gasteiger partial charge in [-0.2, -0.15) is 0 Å². The number of nitrogens with one attached hydrogen (secondary N) is 3. The summed E-state index contributed by atoms with van der Waals surface area (Å²) in [5.74, 6) is -1.57. The van der Waals surface area contributed by atoms with Crippen molar-refractivity contribution in [2.75, 3.05) is 13.6 Å². The number of H-pyrrole nitrogens is 1. The lowest BCUT2D eigenvalue weighted by atomic mass is 9.92. The smallest absolute Gasteiger partial charge is 0.259 e. The second-order valence-electron chi connectivity index (χ2n) is 8.19. The van der Waals surface area contributed by atoms with Gasteiger partial charge in [-0.3, -0.25) is 14.9 Å². The molecule has 168 valence electrons. The number of benzene rings is 3. The molecule has 33 heavy (non-hydrogen) atoms. The Hall–Kier alpha value is -3.42. The van der Waals surface area contributed by atoms with Gasteiger partial charge in [0.15, 0.2) is 0 Å². The summed E-state index contributed by atoms with van der Waals surface area (Å²) in [6.45, 7) is 0.867. The Morgan fingerprint density at radius 3 is 2.61 bits per heavy atom. The SMILES string of the molecule is CNCCCCc1cc2[nH]c3cc(-c4cccc(O)c4Cl)c4c(c3c2cc1F)C(=O)NC4=O. The monoisotopic (exact) mass is 465 g/mol. The molecular formula is C25H21ClFN3O3. The molecule has 0 unspecified atom stereocenters. The molecule has 0 fully saturated rings. The molecule has 1 aromatic heterocycles. The Morgan fingerprint density at radius 2 is 1.82 bits per heavy atom. The van der Waals surface area contributed by atoms with Gasteiger partial charge in [-0.15, -0.1) is 0 Å². The normalized spacial score (nSPS) is 13.2. The van der Waals surface area contributed by atoms with Crippen LogP contribution in [-0.4, -0.2) is 35.5 Å². The van der Waals surface area contributed by atoms with Crippen molar-refractivity contribution in [2.45, 2.75) is 19.3 Å². The number of carbonyl (C=O) groups excluding carboxylic acids is 2. The Morgan fingerprint density at radius 1 is 1.03 bits per heavy atom. The van der Waals surface area contributed by atoms with Gasteiger partial charge in [0.1, 0.15) is 11.6 Å². The number of amides is 2. The van der Waals surface area contributed by atoms with E-state index in [1.165, 1.54) is 12.1 Å². The van der Waals surface area contributed by atoms with Crippen LogP contribution in [0.5, 0.6) is 5.75 Å². The molecule has 2 amide bonds. The lowest BCUT2D eigenvalue weighted by Crippen LogP contribution is -2.20. The number of phenols is 1. The van der Waals surface area contributed by atoms with E-state index in [1.54, 1.807) is 24.3 Å². The maximum Gasteiger partial charge on any atom is 0.259 e. The van der Waals surface area contributed by atoms with Crippen LogP contribution in [0.25, 0.3) is 32.9 Å². The zero-order chi connectivity index (χ0) is 23.3. The fraction of sp³-hybridized carbons (Fsp3) is 0.200. The zero-order valence-corrected chi connectivity index (χ0v) is 18.6. The second-order valence-corrected chi connectivity index (χ2v) is 8.57. The predicted molar refractivity (Wildman–Crippen MR) is 127 cm³/mol. The minimum Gasteiger partial charge on any atom is -0.506 e. The highest BCUT2D eigenvalue weighted by Crippen LogP contribution is 2.42. The molecule has 4 N–H and O–H groups in total. The molecule has 0 spiro atoms. The molecule has 6 nitrogen and oxygen atoms in total. The lowest BCUT2D eigenvalue weighted by Gasteiger charge is -2.10. The van der Waals surface area contributed by atoms with Crippen molar-refractivity contribution in [3.63, 3.8) is 0 Å². The Labute approximate surface area is 193 Å². The largest absolute Gasteiger partial charge is 0.506 e. The van der Waals surface area contributed by atoms with Crippen LogP contribution in [-0.2, 0) is 6.42 Å². The Bertz CT molecular complexity index is 1460. The number of hydrogen-bond acceptors (Lipinski definition) is 4. The number of fused-ring (bicyclic) bond motifs is 5. The number of imide groups is 1. The van der Waals surface area contributed by atoms with Gasteiger partial charge in [0.2, 0.25) is 0 Å². The average Bonchev–Trinajstić information content (AvgIpc) is 3.28. The fourth-order valence-corrected chi connectivity index (χ4v) is 4.80. The highest BCUT2D eigenvalue weighted by Gasteiger charge is 2.34. The van der Waals surface area contributed by atoms with Gasteiger partial charge in [-0.25, -0.2) is 4.39 Å². The van der Waals surface area contributed by atoms with Crippen LogP contribution in [0.4, 0.5) is 4.39 Å². The first kappa shape index (κ1) is 21.4. The Balaban J connectivity index is 1.75. The van der Waals surface area contributed by atoms with Crippen LogP contribution < -0.4 is 10.6 Å². The van der Waals surface area contributed by atoms with Crippen molar-refractivity contribution < 1.29 is 19.1 Å². The molecule has 4 aromatic rings. The highest BCUT2D eigenvalue weighted by molar-refractivity contribution is 6.36. The van der Waals surface area contributed by atoms with E-state index in [4.69, 9.17) is 11.6 Å². The van der Waals surface area contributed by atoms with E-state index < -0.39 is 11.8 Å². The molecule has 2 heterocycles. The van der Waals surface area contributed by atoms with Crippen molar-refractivity contribution in [2.24, 2.45) is 0 Å². The summed E-state index contributed by atoms with van der Waals surface area (Å²) < 4.78 is 15.0. The summed E-state index contributed by atoms with van der Waals surface area (Å²) in [5.41, 5.74) is 3.05. The number of aromatic nitrogens is 1. The van der Waals surface area contributed by atoms with Crippen LogP contribution in [0, 0.1) is 5.82 Å². The number of aromatic amines is 1. The van der Waals surface area contributed by atoms with E-state index in [2.05, 4.69) is 15.6 Å². The van der Waals surface area contributed by atoms with E-state index in [-0.39, 0.29) is 27.7 Å². The topological polar surface area (TPSA) is 94.2 Å². The summed E-state index contributed by atoms with van der Waals surface area (Å²) in [4.78, 5) is 28.8. The third-order valence-corrected chi connectivity index (χ3v) is 6.52. The number of halogens is 2. The van der Waals surface area contributed by atoms with Crippen molar-refractivity contribution >= 4 is 45.2 Å². The lowest BCUT2D eigenvalue weighted by molar-refractivity contribution is 0.0880. The summed E-state index contributed by atoms with van der Waals surface area (Å²) in [7, 11) is 1.88. The van der Waals surface area contributed by atoms with Gasteiger partial charge < -0.3 is 15.4 Å². The number of aryl methyl sites for hydroxylation is 1. The van der Waals surface area contributed by atoms with E-state index in [0.717, 1.165) is 19.4 Å². The summed E-state index contributed by atoms with van der Waals surface area (Å²) in [5, 5.41) is 16.6. The van der Waals surface area contributed by atoms with Crippen LogP contribution in [0.15, 0.2) is 36.4 Å². The van der Waals surface area contributed by atoms with E-state index >= 15 is 0 Å². The van der Waals surface area contributed by atoms with Crippen LogP contribution in [0.2, 0.25) is 5.02 Å². The summed E-state index contributed by atoms with van der Waals surface area (Å²) in [6.07, 6.45) is 2.38. The first-order chi connectivity index (χ1) is 15.9. The van der Waals surface area contributed by atoms with Gasteiger partial charge >= 0.3 is 0 Å². The molecule has 0 atom stereocenters. The summed E-state index contributed by atoms with van der Waals surface area (Å²) >= 11 is 6.33. The van der Waals surface area contributed by atoms with Gasteiger partial charge in [-0.05, 0) is 68.2 Å². The quantitative estimate of drug-likeness (QED) is 0.240. The maximum atomic E-state index is 15.0. The number of phenolic OH excluding ortho intramolecular Hbond substituents is 1. The number of aromatic hydroxyl groups is 1. The van der Waals surface area contributed by atoms with E-state index in [0.29, 0.717) is 44.9 Å². The first-order valence-corrected chi connectivity index (χ1v) is 11.1. The first-order valence-electron chi connectivity index (χ1n) is 10.7. The molecule has 1 aliphatic heterocycles. The average molecular weight is 466 g/mol. The van der Waals surface area contributed by atoms with Crippen molar-refractivity contribution in [1.29, 1.82) is 0 Å². The second kappa shape index (κ2) is 8.17. The third-order valence-electron chi connectivity index (χ3n) is 6.13. The highest BCUT2D eigenvalue weighted by atomic mass is 35.5. The van der Waals surface area contributed by atoms with Gasteiger partial charge in [0.05, 0.1) is 16.1 Å². The third kappa shape index (κ3) is 3.44. The van der Waals surface area contributed by atoms with Crippen molar-refractivity contribution in [1.82, 2.24) is 15.6 Å². The molecule has 1 aliphatic rings. The van der Waals surface area contributed by atoms with Crippen molar-refractivity contribution in [3.05, 3.63) is 63.9 Å². The molecular weight excluding hydrogens is 445 g/mol. The number of unbranched alkanes of at least 4 members (excludes halogenated alkanes) is 1. The molecule has 0 aliphatic carbocycles. The molecule has 5 rings (SSSR count). The fourth-order valence-electron chi connectivity index (χ4n) is 4.57. The molecule has 0 bridgehead atoms. The number of hydrogen-bond donors (Lipinski definition) is 4.